The molecule has 0 radical (unpaired) electrons. The van der Waals surface area contributed by atoms with Crippen LogP contribution >= 0.6 is 27.5 Å². The minimum atomic E-state index is -0.351. The Bertz CT molecular complexity index is 464. The molecule has 0 spiro atoms. The van der Waals surface area contributed by atoms with Crippen LogP contribution in [0.25, 0.3) is 0 Å². The molecule has 4 nitrogen and oxygen atoms in total. The Morgan fingerprint density at radius 1 is 1.50 bits per heavy atom. The molecular weight excluding hydrogens is 295 g/mol. The Morgan fingerprint density at radius 2 is 2.25 bits per heavy atom. The van der Waals surface area contributed by atoms with Crippen LogP contribution in [0.1, 0.15) is 10.4 Å². The van der Waals surface area contributed by atoms with Gasteiger partial charge in [0.25, 0.3) is 5.91 Å². The Labute approximate surface area is 106 Å². The molecule has 1 N–H and O–H groups in total. The Kier molecular flexibility index (Phi) is 3.16. The molecule has 1 aromatic rings. The minimum Gasteiger partial charge on any atom is -0.336 e. The van der Waals surface area contributed by atoms with Crippen molar-refractivity contribution in [3.8, 4) is 0 Å². The van der Waals surface area contributed by atoms with Crippen LogP contribution in [0.3, 0.4) is 0 Å². The minimum absolute atomic E-state index is 0.313. The van der Waals surface area contributed by atoms with E-state index in [0.717, 1.165) is 0 Å². The number of hydrogen-bond acceptors (Lipinski definition) is 2. The quantitative estimate of drug-likeness (QED) is 0.865. The molecule has 0 aliphatic carbocycles. The fourth-order valence-electron chi connectivity index (χ4n) is 1.45. The lowest BCUT2D eigenvalue weighted by Crippen LogP contribution is -2.34. The normalized spacial score (nSPS) is 15.1. The molecule has 16 heavy (non-hydrogen) atoms. The van der Waals surface area contributed by atoms with Gasteiger partial charge in [-0.3, -0.25) is 9.69 Å². The third-order valence-corrected chi connectivity index (χ3v) is 3.48. The van der Waals surface area contributed by atoms with E-state index in [2.05, 4.69) is 21.2 Å². The van der Waals surface area contributed by atoms with Crippen molar-refractivity contribution in [3.05, 3.63) is 33.3 Å². The second-order valence-electron chi connectivity index (χ2n) is 3.32. The summed E-state index contributed by atoms with van der Waals surface area (Å²) in [5, 5.41) is 3.10. The van der Waals surface area contributed by atoms with E-state index < -0.39 is 0 Å². The van der Waals surface area contributed by atoms with Gasteiger partial charge in [0.15, 0.2) is 0 Å². The van der Waals surface area contributed by atoms with Gasteiger partial charge < -0.3 is 5.32 Å². The van der Waals surface area contributed by atoms with Crippen LogP contribution in [0, 0.1) is 0 Å². The number of urea groups is 1. The van der Waals surface area contributed by atoms with Gasteiger partial charge in [-0.1, -0.05) is 11.6 Å². The molecule has 84 valence electrons. The number of imide groups is 1. The van der Waals surface area contributed by atoms with E-state index in [9.17, 15) is 9.59 Å². The van der Waals surface area contributed by atoms with Gasteiger partial charge in [0, 0.05) is 23.1 Å². The van der Waals surface area contributed by atoms with E-state index in [1.807, 2.05) is 0 Å². The van der Waals surface area contributed by atoms with Gasteiger partial charge in [-0.15, -0.1) is 0 Å². The third kappa shape index (κ3) is 2.05. The van der Waals surface area contributed by atoms with Crippen LogP contribution in [0.15, 0.2) is 22.7 Å². The van der Waals surface area contributed by atoms with Gasteiger partial charge in [-0.25, -0.2) is 4.79 Å². The number of benzene rings is 1. The van der Waals surface area contributed by atoms with E-state index in [0.29, 0.717) is 28.1 Å². The fourth-order valence-corrected chi connectivity index (χ4v) is 1.95. The zero-order valence-electron chi connectivity index (χ0n) is 8.17. The van der Waals surface area contributed by atoms with Crippen molar-refractivity contribution in [2.24, 2.45) is 0 Å². The molecule has 0 unspecified atom stereocenters. The molecule has 1 fully saturated rings. The Morgan fingerprint density at radius 3 is 2.81 bits per heavy atom. The molecule has 1 aliphatic rings. The average molecular weight is 304 g/mol. The van der Waals surface area contributed by atoms with Crippen molar-refractivity contribution in [2.45, 2.75) is 0 Å². The lowest BCUT2D eigenvalue weighted by molar-refractivity contribution is 0.0829. The van der Waals surface area contributed by atoms with Crippen molar-refractivity contribution < 1.29 is 9.59 Å². The van der Waals surface area contributed by atoms with Gasteiger partial charge in [0.2, 0.25) is 0 Å². The van der Waals surface area contributed by atoms with Crippen LogP contribution < -0.4 is 5.32 Å². The number of carbonyl (C=O) groups excluding carboxylic acids is 2. The molecule has 1 heterocycles. The number of nitrogens with one attached hydrogen (secondary N) is 1. The maximum atomic E-state index is 11.9. The largest absolute Gasteiger partial charge is 0.336 e. The van der Waals surface area contributed by atoms with Crippen molar-refractivity contribution in [2.75, 3.05) is 13.1 Å². The van der Waals surface area contributed by atoms with Crippen molar-refractivity contribution in [3.63, 3.8) is 0 Å². The number of nitrogens with zero attached hydrogens (tertiary/aromatic N) is 1. The molecule has 3 amide bonds. The first-order valence-corrected chi connectivity index (χ1v) is 5.81. The zero-order valence-corrected chi connectivity index (χ0v) is 10.5. The summed E-state index contributed by atoms with van der Waals surface area (Å²) < 4.78 is 0.639. The lowest BCUT2D eigenvalue weighted by Gasteiger charge is -2.12. The third-order valence-electron chi connectivity index (χ3n) is 2.27. The molecule has 6 heteroatoms. The van der Waals surface area contributed by atoms with Crippen molar-refractivity contribution >= 4 is 39.5 Å². The smallest absolute Gasteiger partial charge is 0.324 e. The second kappa shape index (κ2) is 4.43. The molecule has 0 aromatic heterocycles. The molecule has 1 aromatic carbocycles. The van der Waals surface area contributed by atoms with E-state index in [4.69, 9.17) is 11.6 Å². The Balaban J connectivity index is 2.27. The summed E-state index contributed by atoms with van der Waals surface area (Å²) in [6.07, 6.45) is 0. The molecule has 0 bridgehead atoms. The van der Waals surface area contributed by atoms with E-state index in [1.165, 1.54) is 4.90 Å². The highest BCUT2D eigenvalue weighted by atomic mass is 79.9. The van der Waals surface area contributed by atoms with Gasteiger partial charge >= 0.3 is 6.03 Å². The van der Waals surface area contributed by atoms with Crippen molar-refractivity contribution in [1.29, 1.82) is 0 Å². The van der Waals surface area contributed by atoms with Gasteiger partial charge in [-0.05, 0) is 34.1 Å². The number of hydrogen-bond donors (Lipinski definition) is 1. The first-order valence-electron chi connectivity index (χ1n) is 4.64. The summed E-state index contributed by atoms with van der Waals surface area (Å²) >= 11 is 9.06. The van der Waals surface area contributed by atoms with Gasteiger partial charge in [0.1, 0.15) is 0 Å². The van der Waals surface area contributed by atoms with E-state index in [1.54, 1.807) is 18.2 Å². The molecule has 0 saturated carbocycles. The number of halogens is 2. The summed E-state index contributed by atoms with van der Waals surface area (Å²) in [7, 11) is 0. The van der Waals surface area contributed by atoms with E-state index >= 15 is 0 Å². The average Bonchev–Trinajstić information content (AvgIpc) is 2.67. The SMILES string of the molecule is O=C1NCCN1C(=O)c1ccc(Cl)c(Br)c1. The van der Waals surface area contributed by atoms with Crippen LogP contribution in [0.4, 0.5) is 4.79 Å². The maximum Gasteiger partial charge on any atom is 0.324 e. The topological polar surface area (TPSA) is 49.4 Å². The van der Waals surface area contributed by atoms with Crippen LogP contribution in [0.5, 0.6) is 0 Å². The number of carbonyl (C=O) groups is 2. The second-order valence-corrected chi connectivity index (χ2v) is 4.58. The number of amides is 3. The highest BCUT2D eigenvalue weighted by Gasteiger charge is 2.27. The highest BCUT2D eigenvalue weighted by Crippen LogP contribution is 2.24. The van der Waals surface area contributed by atoms with Gasteiger partial charge in [0.05, 0.1) is 5.02 Å². The van der Waals surface area contributed by atoms with Crippen LogP contribution in [0.2, 0.25) is 5.02 Å². The first kappa shape index (κ1) is 11.4. The van der Waals surface area contributed by atoms with Gasteiger partial charge in [-0.2, -0.15) is 0 Å². The van der Waals surface area contributed by atoms with Crippen molar-refractivity contribution in [1.82, 2.24) is 10.2 Å². The lowest BCUT2D eigenvalue weighted by atomic mass is 10.2. The molecular formula is C10H8BrClN2O2. The highest BCUT2D eigenvalue weighted by molar-refractivity contribution is 9.10. The first-order chi connectivity index (χ1) is 7.59. The van der Waals surface area contributed by atoms with Crippen LogP contribution in [-0.4, -0.2) is 29.9 Å². The number of rotatable bonds is 1. The molecule has 1 aliphatic heterocycles. The van der Waals surface area contributed by atoms with E-state index in [-0.39, 0.29) is 11.9 Å². The summed E-state index contributed by atoms with van der Waals surface area (Å²) in [5.41, 5.74) is 0.438. The molecule has 0 atom stereocenters. The molecule has 2 rings (SSSR count). The monoisotopic (exact) mass is 302 g/mol. The zero-order chi connectivity index (χ0) is 11.7. The Hall–Kier alpha value is -1.07. The summed E-state index contributed by atoms with van der Waals surface area (Å²) in [6, 6.07) is 4.47. The predicted molar refractivity (Wildman–Crippen MR) is 63.6 cm³/mol. The summed E-state index contributed by atoms with van der Waals surface area (Å²) in [5.74, 6) is -0.313. The molecule has 1 saturated heterocycles. The maximum absolute atomic E-state index is 11.9. The summed E-state index contributed by atoms with van der Waals surface area (Å²) in [6.45, 7) is 0.900. The van der Waals surface area contributed by atoms with Crippen LogP contribution in [-0.2, 0) is 0 Å². The summed E-state index contributed by atoms with van der Waals surface area (Å²) in [4.78, 5) is 24.4. The predicted octanol–water partition coefficient (Wildman–Crippen LogP) is 2.27. The standard InChI is InChI=1S/C10H8BrClN2O2/c11-7-5-6(1-2-8(7)12)9(15)14-4-3-13-10(14)16/h1-2,5H,3-4H2,(H,13,16). The fraction of sp³-hybridized carbons (Fsp3) is 0.200.